The maximum Gasteiger partial charge on any atom is 0.384 e. The summed E-state index contributed by atoms with van der Waals surface area (Å²) in [5.74, 6) is 0. The minimum absolute atomic E-state index is 0.179. The summed E-state index contributed by atoms with van der Waals surface area (Å²) in [4.78, 5) is 2.01. The molecule has 0 bridgehead atoms. The topological polar surface area (TPSA) is 20.3 Å². The highest BCUT2D eigenvalue weighted by Crippen LogP contribution is 2.39. The summed E-state index contributed by atoms with van der Waals surface area (Å²) in [6.07, 6.45) is 0. The molecule has 1 rings (SSSR count). The van der Waals surface area contributed by atoms with E-state index in [9.17, 15) is 4.57 Å². The number of para-hydroxylation sites is 1. The van der Waals surface area contributed by atoms with Crippen molar-refractivity contribution >= 4 is 18.8 Å². The van der Waals surface area contributed by atoms with Crippen LogP contribution in [0.15, 0.2) is 24.3 Å². The van der Waals surface area contributed by atoms with Crippen molar-refractivity contribution < 1.29 is 4.57 Å². The molecule has 1 unspecified atom stereocenters. The lowest BCUT2D eigenvalue weighted by molar-refractivity contribution is 0.572. The molecule has 3 heteroatoms. The Morgan fingerprint density at radius 2 is 1.67 bits per heavy atom. The Morgan fingerprint density at radius 3 is 2.13 bits per heavy atom. The summed E-state index contributed by atoms with van der Waals surface area (Å²) in [5, 5.41) is 0.770. The molecule has 15 heavy (non-hydrogen) atoms. The van der Waals surface area contributed by atoms with Crippen LogP contribution in [0.4, 0.5) is 5.69 Å². The van der Waals surface area contributed by atoms with Gasteiger partial charge in [-0.2, -0.15) is 0 Å². The zero-order valence-electron chi connectivity index (χ0n) is 10.1. The molecule has 0 saturated heterocycles. The van der Waals surface area contributed by atoms with Crippen molar-refractivity contribution in [2.24, 2.45) is 0 Å². The first-order valence-corrected chi connectivity index (χ1v) is 6.33. The first-order valence-electron chi connectivity index (χ1n) is 5.08. The Morgan fingerprint density at radius 1 is 1.13 bits per heavy atom. The molecule has 0 N–H and O–H groups in total. The van der Waals surface area contributed by atoms with Gasteiger partial charge in [-0.25, -0.2) is 0 Å². The number of nitrogens with zero attached hydrogens (tertiary/aromatic N) is 1. The summed E-state index contributed by atoms with van der Waals surface area (Å²) in [5.41, 5.74) is 1.05. The van der Waals surface area contributed by atoms with Crippen LogP contribution in [-0.2, 0) is 4.57 Å². The summed E-state index contributed by atoms with van der Waals surface area (Å²) in [7, 11) is 2.59. The van der Waals surface area contributed by atoms with Gasteiger partial charge < -0.3 is 4.90 Å². The van der Waals surface area contributed by atoms with E-state index < -0.39 is 7.80 Å². The van der Waals surface area contributed by atoms with Gasteiger partial charge in [-0.05, 0) is 32.9 Å². The molecule has 0 spiro atoms. The largest absolute Gasteiger partial charge is 0.384 e. The fourth-order valence-corrected chi connectivity index (χ4v) is 2.80. The zero-order chi connectivity index (χ0) is 11.6. The maximum absolute atomic E-state index is 12.3. The Bertz CT molecular complexity index is 366. The van der Waals surface area contributed by atoms with Gasteiger partial charge in [-0.3, -0.25) is 0 Å². The van der Waals surface area contributed by atoms with Gasteiger partial charge in [-0.15, -0.1) is 0 Å². The number of anilines is 1. The first kappa shape index (κ1) is 12.2. The molecular formula is C12H19NOP+. The monoisotopic (exact) mass is 224 g/mol. The highest BCUT2D eigenvalue weighted by atomic mass is 31.1. The Kier molecular flexibility index (Phi) is 3.51. The molecule has 1 aromatic carbocycles. The smallest absolute Gasteiger partial charge is 0.374 e. The number of hydrogen-bond acceptors (Lipinski definition) is 2. The van der Waals surface area contributed by atoms with Gasteiger partial charge >= 0.3 is 7.80 Å². The highest BCUT2D eigenvalue weighted by Gasteiger charge is 2.38. The molecule has 0 aliphatic rings. The third-order valence-electron chi connectivity index (χ3n) is 2.19. The zero-order valence-corrected chi connectivity index (χ0v) is 11.0. The van der Waals surface area contributed by atoms with Crippen molar-refractivity contribution in [2.45, 2.75) is 25.9 Å². The van der Waals surface area contributed by atoms with E-state index >= 15 is 0 Å². The quantitative estimate of drug-likeness (QED) is 0.720. The predicted molar refractivity (Wildman–Crippen MR) is 67.8 cm³/mol. The number of benzene rings is 1. The summed E-state index contributed by atoms with van der Waals surface area (Å²) in [6, 6.07) is 7.89. The summed E-state index contributed by atoms with van der Waals surface area (Å²) < 4.78 is 12.3. The SMILES string of the molecule is CN(C)c1ccccc1[P+](=O)C(C)(C)C. The third-order valence-corrected chi connectivity index (χ3v) is 4.23. The van der Waals surface area contributed by atoms with Crippen LogP contribution in [0.1, 0.15) is 20.8 Å². The van der Waals surface area contributed by atoms with Crippen LogP contribution >= 0.6 is 7.80 Å². The van der Waals surface area contributed by atoms with Crippen LogP contribution in [-0.4, -0.2) is 19.3 Å². The fourth-order valence-electron chi connectivity index (χ4n) is 1.38. The first-order chi connectivity index (χ1) is 6.84. The van der Waals surface area contributed by atoms with E-state index in [1.165, 1.54) is 0 Å². The second-order valence-corrected chi connectivity index (χ2v) is 7.26. The fraction of sp³-hybridized carbons (Fsp3) is 0.500. The molecule has 0 aromatic heterocycles. The predicted octanol–water partition coefficient (Wildman–Crippen LogP) is 3.00. The van der Waals surface area contributed by atoms with Crippen molar-refractivity contribution in [3.8, 4) is 0 Å². The van der Waals surface area contributed by atoms with Crippen molar-refractivity contribution in [3.63, 3.8) is 0 Å². The van der Waals surface area contributed by atoms with E-state index in [2.05, 4.69) is 0 Å². The second-order valence-electron chi connectivity index (χ2n) is 4.85. The van der Waals surface area contributed by atoms with E-state index in [0.29, 0.717) is 0 Å². The van der Waals surface area contributed by atoms with Crippen molar-refractivity contribution in [2.75, 3.05) is 19.0 Å². The van der Waals surface area contributed by atoms with Crippen LogP contribution in [0.5, 0.6) is 0 Å². The van der Waals surface area contributed by atoms with E-state index in [-0.39, 0.29) is 5.16 Å². The Balaban J connectivity index is 3.20. The Labute approximate surface area is 93.1 Å². The number of rotatable bonds is 2. The average Bonchev–Trinajstić information content (AvgIpc) is 2.15. The van der Waals surface area contributed by atoms with E-state index in [1.54, 1.807) is 0 Å². The second kappa shape index (κ2) is 4.32. The number of hydrogen-bond donors (Lipinski definition) is 0. The molecule has 1 aromatic rings. The molecule has 2 nitrogen and oxygen atoms in total. The van der Waals surface area contributed by atoms with Gasteiger partial charge in [0.1, 0.15) is 0 Å². The van der Waals surface area contributed by atoms with Gasteiger partial charge in [0.25, 0.3) is 0 Å². The van der Waals surface area contributed by atoms with Gasteiger partial charge in [-0.1, -0.05) is 16.7 Å². The third kappa shape index (κ3) is 2.79. The average molecular weight is 224 g/mol. The van der Waals surface area contributed by atoms with Crippen molar-refractivity contribution in [1.82, 2.24) is 0 Å². The lowest BCUT2D eigenvalue weighted by Gasteiger charge is -2.14. The lowest BCUT2D eigenvalue weighted by Crippen LogP contribution is -2.21. The minimum atomic E-state index is -1.36. The van der Waals surface area contributed by atoms with Crippen LogP contribution in [0.25, 0.3) is 0 Å². The van der Waals surface area contributed by atoms with Gasteiger partial charge in [0.05, 0.1) is 5.69 Å². The van der Waals surface area contributed by atoms with Crippen LogP contribution in [0, 0.1) is 0 Å². The van der Waals surface area contributed by atoms with E-state index in [1.807, 2.05) is 64.0 Å². The lowest BCUT2D eigenvalue weighted by atomic mass is 10.2. The van der Waals surface area contributed by atoms with Crippen LogP contribution in [0.2, 0.25) is 0 Å². The summed E-state index contributed by atoms with van der Waals surface area (Å²) >= 11 is 0. The molecule has 0 radical (unpaired) electrons. The molecule has 0 aliphatic heterocycles. The maximum atomic E-state index is 12.3. The Hall–Kier alpha value is -0.880. The van der Waals surface area contributed by atoms with Crippen molar-refractivity contribution in [1.29, 1.82) is 0 Å². The molecule has 1 atom stereocenters. The van der Waals surface area contributed by atoms with Gasteiger partial charge in [0.15, 0.2) is 5.16 Å². The molecule has 82 valence electrons. The van der Waals surface area contributed by atoms with E-state index in [0.717, 1.165) is 11.0 Å². The molecule has 0 saturated carbocycles. The standard InChI is InChI=1S/C12H19NOP/c1-12(2,3)15(14)11-9-7-6-8-10(11)13(4)5/h6-9H,1-5H3/q+1. The van der Waals surface area contributed by atoms with Gasteiger partial charge in [0, 0.05) is 14.1 Å². The molecular weight excluding hydrogens is 205 g/mol. The molecule has 0 amide bonds. The van der Waals surface area contributed by atoms with E-state index in [4.69, 9.17) is 0 Å². The van der Waals surface area contributed by atoms with Gasteiger partial charge in [0.2, 0.25) is 5.30 Å². The minimum Gasteiger partial charge on any atom is -0.374 e. The summed E-state index contributed by atoms with van der Waals surface area (Å²) in [6.45, 7) is 6.04. The molecule has 0 heterocycles. The molecule has 0 aliphatic carbocycles. The van der Waals surface area contributed by atoms with Crippen molar-refractivity contribution in [3.05, 3.63) is 24.3 Å². The van der Waals surface area contributed by atoms with Crippen LogP contribution in [0.3, 0.4) is 0 Å². The van der Waals surface area contributed by atoms with Crippen LogP contribution < -0.4 is 10.2 Å². The molecule has 0 fully saturated rings. The normalized spacial score (nSPS) is 12.5. The highest BCUT2D eigenvalue weighted by molar-refractivity contribution is 7.55.